The molecule has 23 heavy (non-hydrogen) atoms. The number of benzene rings is 1. The lowest BCUT2D eigenvalue weighted by Crippen LogP contribution is -2.11. The van der Waals surface area contributed by atoms with Crippen molar-refractivity contribution >= 4 is 34.5 Å². The van der Waals surface area contributed by atoms with Gasteiger partial charge in [-0.25, -0.2) is 0 Å². The van der Waals surface area contributed by atoms with E-state index in [1.807, 2.05) is 11.4 Å². The predicted molar refractivity (Wildman–Crippen MR) is 98.0 cm³/mol. The van der Waals surface area contributed by atoms with Gasteiger partial charge in [-0.1, -0.05) is 50.3 Å². The second-order valence-corrected chi connectivity index (χ2v) is 6.72. The SMILES string of the molecule is CCCCCCCOc1ccc(Cl)cc1NC(=O)c1cccs1. The van der Waals surface area contributed by atoms with Crippen LogP contribution in [0.5, 0.6) is 5.75 Å². The number of hydrogen-bond acceptors (Lipinski definition) is 3. The van der Waals surface area contributed by atoms with Gasteiger partial charge < -0.3 is 10.1 Å². The minimum atomic E-state index is -0.143. The predicted octanol–water partition coefficient (Wildman–Crippen LogP) is 6.00. The van der Waals surface area contributed by atoms with E-state index in [9.17, 15) is 4.79 Å². The Bertz CT molecular complexity index is 613. The van der Waals surface area contributed by atoms with Crippen molar-refractivity contribution in [1.29, 1.82) is 0 Å². The second-order valence-electron chi connectivity index (χ2n) is 5.33. The number of ether oxygens (including phenoxy) is 1. The van der Waals surface area contributed by atoms with Crippen LogP contribution in [0.3, 0.4) is 0 Å². The van der Waals surface area contributed by atoms with Gasteiger partial charge >= 0.3 is 0 Å². The van der Waals surface area contributed by atoms with Gasteiger partial charge in [0.2, 0.25) is 0 Å². The second kappa shape index (κ2) is 9.58. The summed E-state index contributed by atoms with van der Waals surface area (Å²) in [6, 6.07) is 8.94. The maximum Gasteiger partial charge on any atom is 0.265 e. The normalized spacial score (nSPS) is 10.5. The monoisotopic (exact) mass is 351 g/mol. The molecule has 0 unspecified atom stereocenters. The zero-order valence-electron chi connectivity index (χ0n) is 13.3. The molecule has 2 aromatic rings. The summed E-state index contributed by atoms with van der Waals surface area (Å²) in [5, 5.41) is 5.32. The number of nitrogens with one attached hydrogen (secondary N) is 1. The van der Waals surface area contributed by atoms with Gasteiger partial charge in [0.15, 0.2) is 0 Å². The van der Waals surface area contributed by atoms with Crippen molar-refractivity contribution in [3.8, 4) is 5.75 Å². The molecule has 3 nitrogen and oxygen atoms in total. The van der Waals surface area contributed by atoms with Gasteiger partial charge in [-0.05, 0) is 36.1 Å². The maximum absolute atomic E-state index is 12.2. The highest BCUT2D eigenvalue weighted by atomic mass is 35.5. The molecule has 0 radical (unpaired) electrons. The molecular weight excluding hydrogens is 330 g/mol. The van der Waals surface area contributed by atoms with Crippen molar-refractivity contribution in [2.24, 2.45) is 0 Å². The highest BCUT2D eigenvalue weighted by molar-refractivity contribution is 7.12. The molecule has 124 valence electrons. The first-order valence-electron chi connectivity index (χ1n) is 7.98. The molecule has 1 aromatic heterocycles. The standard InChI is InChI=1S/C18H22ClNO2S/c1-2-3-4-5-6-11-22-16-10-9-14(19)13-15(16)20-18(21)17-8-7-12-23-17/h7-10,12-13H,2-6,11H2,1H3,(H,20,21). The third kappa shape index (κ3) is 5.88. The number of rotatable bonds is 9. The fourth-order valence-electron chi connectivity index (χ4n) is 2.21. The summed E-state index contributed by atoms with van der Waals surface area (Å²) in [7, 11) is 0. The van der Waals surface area contributed by atoms with Crippen molar-refractivity contribution in [3.63, 3.8) is 0 Å². The van der Waals surface area contributed by atoms with E-state index in [-0.39, 0.29) is 5.91 Å². The van der Waals surface area contributed by atoms with Gasteiger partial charge in [0.1, 0.15) is 5.75 Å². The first-order valence-corrected chi connectivity index (χ1v) is 9.23. The molecule has 0 aliphatic rings. The molecule has 1 amide bonds. The molecule has 1 N–H and O–H groups in total. The minimum absolute atomic E-state index is 0.143. The number of thiophene rings is 1. The van der Waals surface area contributed by atoms with E-state index in [1.165, 1.54) is 30.6 Å². The number of carbonyl (C=O) groups is 1. The summed E-state index contributed by atoms with van der Waals surface area (Å²) in [6.45, 7) is 2.85. The van der Waals surface area contributed by atoms with Crippen LogP contribution >= 0.6 is 22.9 Å². The van der Waals surface area contributed by atoms with E-state index < -0.39 is 0 Å². The Labute approximate surface area is 146 Å². The van der Waals surface area contributed by atoms with Crippen molar-refractivity contribution in [3.05, 3.63) is 45.6 Å². The molecule has 1 aromatic carbocycles. The number of hydrogen-bond donors (Lipinski definition) is 1. The van der Waals surface area contributed by atoms with Crippen molar-refractivity contribution in [2.45, 2.75) is 39.0 Å². The molecule has 5 heteroatoms. The third-order valence-corrected chi connectivity index (χ3v) is 4.54. The van der Waals surface area contributed by atoms with Crippen molar-refractivity contribution in [1.82, 2.24) is 0 Å². The van der Waals surface area contributed by atoms with Crippen LogP contribution in [0, 0.1) is 0 Å². The van der Waals surface area contributed by atoms with E-state index in [0.29, 0.717) is 27.9 Å². The topological polar surface area (TPSA) is 38.3 Å². The number of anilines is 1. The lowest BCUT2D eigenvalue weighted by molar-refractivity contribution is 0.103. The van der Waals surface area contributed by atoms with Gasteiger partial charge in [0.25, 0.3) is 5.91 Å². The Morgan fingerprint density at radius 2 is 2.04 bits per heavy atom. The molecule has 0 saturated heterocycles. The van der Waals surface area contributed by atoms with Gasteiger partial charge in [0, 0.05) is 5.02 Å². The molecule has 0 aliphatic carbocycles. The van der Waals surface area contributed by atoms with Gasteiger partial charge in [0.05, 0.1) is 17.2 Å². The summed E-state index contributed by atoms with van der Waals surface area (Å²) in [5.41, 5.74) is 0.615. The summed E-state index contributed by atoms with van der Waals surface area (Å²) >= 11 is 7.44. The largest absolute Gasteiger partial charge is 0.491 e. The Balaban J connectivity index is 1.93. The third-order valence-electron chi connectivity index (χ3n) is 3.44. The van der Waals surface area contributed by atoms with Crippen LogP contribution in [0.15, 0.2) is 35.7 Å². The summed E-state index contributed by atoms with van der Waals surface area (Å²) < 4.78 is 5.82. The summed E-state index contributed by atoms with van der Waals surface area (Å²) in [5.74, 6) is 0.518. The fraction of sp³-hybridized carbons (Fsp3) is 0.389. The van der Waals surface area contributed by atoms with E-state index in [0.717, 1.165) is 12.8 Å². The molecule has 0 bridgehead atoms. The Morgan fingerprint density at radius 3 is 2.78 bits per heavy atom. The molecule has 0 saturated carbocycles. The first kappa shape index (κ1) is 17.8. The van der Waals surface area contributed by atoms with E-state index in [4.69, 9.17) is 16.3 Å². The average molecular weight is 352 g/mol. The van der Waals surface area contributed by atoms with Crippen LogP contribution in [0.25, 0.3) is 0 Å². The lowest BCUT2D eigenvalue weighted by atomic mass is 10.2. The van der Waals surface area contributed by atoms with Crippen LogP contribution in [0.4, 0.5) is 5.69 Å². The maximum atomic E-state index is 12.2. The van der Waals surface area contributed by atoms with Gasteiger partial charge in [-0.15, -0.1) is 11.3 Å². The Morgan fingerprint density at radius 1 is 1.22 bits per heavy atom. The van der Waals surface area contributed by atoms with Crippen LogP contribution in [-0.4, -0.2) is 12.5 Å². The summed E-state index contributed by atoms with van der Waals surface area (Å²) in [6.07, 6.45) is 5.92. The van der Waals surface area contributed by atoms with Gasteiger partial charge in [-0.3, -0.25) is 4.79 Å². The van der Waals surface area contributed by atoms with E-state index in [1.54, 1.807) is 24.3 Å². The molecular formula is C18H22ClNO2S. The van der Waals surface area contributed by atoms with E-state index >= 15 is 0 Å². The highest BCUT2D eigenvalue weighted by Crippen LogP contribution is 2.29. The zero-order chi connectivity index (χ0) is 16.5. The summed E-state index contributed by atoms with van der Waals surface area (Å²) in [4.78, 5) is 12.9. The molecule has 0 atom stereocenters. The van der Waals surface area contributed by atoms with Crippen LogP contribution in [0.2, 0.25) is 5.02 Å². The van der Waals surface area contributed by atoms with Crippen LogP contribution < -0.4 is 10.1 Å². The molecule has 2 rings (SSSR count). The molecule has 0 spiro atoms. The Hall–Kier alpha value is -1.52. The molecule has 1 heterocycles. The first-order chi connectivity index (χ1) is 11.2. The number of halogens is 1. The van der Waals surface area contributed by atoms with Crippen molar-refractivity contribution in [2.75, 3.05) is 11.9 Å². The lowest BCUT2D eigenvalue weighted by Gasteiger charge is -2.12. The van der Waals surface area contributed by atoms with Crippen molar-refractivity contribution < 1.29 is 9.53 Å². The Kier molecular flexibility index (Phi) is 7.43. The molecule has 0 fully saturated rings. The number of amides is 1. The number of unbranched alkanes of at least 4 members (excludes halogenated alkanes) is 4. The highest BCUT2D eigenvalue weighted by Gasteiger charge is 2.11. The minimum Gasteiger partial charge on any atom is -0.491 e. The van der Waals surface area contributed by atoms with Gasteiger partial charge in [-0.2, -0.15) is 0 Å². The smallest absolute Gasteiger partial charge is 0.265 e. The quantitative estimate of drug-likeness (QED) is 0.562. The van der Waals surface area contributed by atoms with Crippen LogP contribution in [-0.2, 0) is 0 Å². The number of carbonyl (C=O) groups excluding carboxylic acids is 1. The van der Waals surface area contributed by atoms with Crippen LogP contribution in [0.1, 0.15) is 48.7 Å². The van der Waals surface area contributed by atoms with E-state index in [2.05, 4.69) is 12.2 Å². The molecule has 0 aliphatic heterocycles. The fourth-order valence-corrected chi connectivity index (χ4v) is 3.00. The zero-order valence-corrected chi connectivity index (χ0v) is 14.9. The average Bonchev–Trinajstić information content (AvgIpc) is 3.07.